The van der Waals surface area contributed by atoms with Crippen molar-refractivity contribution in [2.24, 2.45) is 0 Å². The number of methoxy groups -OCH3 is 1. The lowest BCUT2D eigenvalue weighted by Crippen LogP contribution is -2.31. The van der Waals surface area contributed by atoms with Crippen molar-refractivity contribution in [1.29, 1.82) is 0 Å². The molecule has 0 saturated carbocycles. The standard InChI is InChI=1S/C14H20N2O2/c1-15(2)12-6-7-16(9-12)14-5-4-13(18-3)8-11(14)10-17/h4-5,8,10,12H,6-7,9H2,1-3H3. The summed E-state index contributed by atoms with van der Waals surface area (Å²) < 4.78 is 5.15. The number of ether oxygens (including phenoxy) is 1. The number of hydrogen-bond donors (Lipinski definition) is 0. The van der Waals surface area contributed by atoms with Crippen molar-refractivity contribution < 1.29 is 9.53 Å². The van der Waals surface area contributed by atoms with E-state index >= 15 is 0 Å². The van der Waals surface area contributed by atoms with E-state index in [0.29, 0.717) is 11.6 Å². The van der Waals surface area contributed by atoms with Crippen LogP contribution in [0.4, 0.5) is 5.69 Å². The summed E-state index contributed by atoms with van der Waals surface area (Å²) in [6, 6.07) is 6.24. The predicted octanol–water partition coefficient (Wildman–Crippen LogP) is 1.65. The Labute approximate surface area is 108 Å². The molecule has 4 heteroatoms. The van der Waals surface area contributed by atoms with Gasteiger partial charge in [-0.3, -0.25) is 4.79 Å². The summed E-state index contributed by atoms with van der Waals surface area (Å²) in [5.41, 5.74) is 1.71. The van der Waals surface area contributed by atoms with Gasteiger partial charge in [-0.2, -0.15) is 0 Å². The molecule has 0 spiro atoms. The van der Waals surface area contributed by atoms with E-state index in [1.807, 2.05) is 12.1 Å². The zero-order valence-electron chi connectivity index (χ0n) is 11.2. The van der Waals surface area contributed by atoms with E-state index in [1.54, 1.807) is 13.2 Å². The molecule has 0 N–H and O–H groups in total. The number of carbonyl (C=O) groups is 1. The average Bonchev–Trinajstić information content (AvgIpc) is 2.87. The van der Waals surface area contributed by atoms with Gasteiger partial charge in [0.1, 0.15) is 5.75 Å². The van der Waals surface area contributed by atoms with Gasteiger partial charge in [-0.25, -0.2) is 0 Å². The summed E-state index contributed by atoms with van der Waals surface area (Å²) in [5.74, 6) is 0.726. The van der Waals surface area contributed by atoms with Crippen molar-refractivity contribution >= 4 is 12.0 Å². The van der Waals surface area contributed by atoms with Crippen LogP contribution in [0.1, 0.15) is 16.8 Å². The molecule has 0 bridgehead atoms. The van der Waals surface area contributed by atoms with Crippen molar-refractivity contribution in [3.8, 4) is 5.75 Å². The van der Waals surface area contributed by atoms with Gasteiger partial charge in [0.05, 0.1) is 7.11 Å². The average molecular weight is 248 g/mol. The van der Waals surface area contributed by atoms with Crippen molar-refractivity contribution in [2.45, 2.75) is 12.5 Å². The van der Waals surface area contributed by atoms with Crippen molar-refractivity contribution in [2.75, 3.05) is 39.2 Å². The van der Waals surface area contributed by atoms with E-state index in [1.165, 1.54) is 0 Å². The number of carbonyl (C=O) groups excluding carboxylic acids is 1. The summed E-state index contributed by atoms with van der Waals surface area (Å²) in [7, 11) is 5.81. The molecule has 1 unspecified atom stereocenters. The van der Waals surface area contributed by atoms with Crippen LogP contribution in [0.3, 0.4) is 0 Å². The second-order valence-electron chi connectivity index (χ2n) is 4.89. The van der Waals surface area contributed by atoms with Crippen LogP contribution in [0.25, 0.3) is 0 Å². The number of benzene rings is 1. The number of anilines is 1. The Hall–Kier alpha value is -1.55. The van der Waals surface area contributed by atoms with E-state index in [0.717, 1.165) is 37.2 Å². The van der Waals surface area contributed by atoms with E-state index in [2.05, 4.69) is 23.9 Å². The maximum atomic E-state index is 11.2. The van der Waals surface area contributed by atoms with Crippen molar-refractivity contribution in [3.63, 3.8) is 0 Å². The number of hydrogen-bond acceptors (Lipinski definition) is 4. The van der Waals surface area contributed by atoms with E-state index in [9.17, 15) is 4.79 Å². The lowest BCUT2D eigenvalue weighted by molar-refractivity contribution is 0.112. The monoisotopic (exact) mass is 248 g/mol. The third kappa shape index (κ3) is 2.48. The van der Waals surface area contributed by atoms with Gasteiger partial charge < -0.3 is 14.5 Å². The molecule has 1 fully saturated rings. The Balaban J connectivity index is 2.21. The SMILES string of the molecule is COc1ccc(N2CCC(N(C)C)C2)c(C=O)c1. The summed E-state index contributed by atoms with van der Waals surface area (Å²) in [6.07, 6.45) is 2.04. The molecule has 18 heavy (non-hydrogen) atoms. The summed E-state index contributed by atoms with van der Waals surface area (Å²) >= 11 is 0. The van der Waals surface area contributed by atoms with Crippen molar-refractivity contribution in [1.82, 2.24) is 4.90 Å². The Bertz CT molecular complexity index is 432. The van der Waals surface area contributed by atoms with E-state index in [4.69, 9.17) is 4.74 Å². The third-order valence-corrected chi connectivity index (χ3v) is 3.60. The molecule has 1 aliphatic heterocycles. The minimum Gasteiger partial charge on any atom is -0.497 e. The maximum Gasteiger partial charge on any atom is 0.152 e. The molecule has 4 nitrogen and oxygen atoms in total. The van der Waals surface area contributed by atoms with Gasteiger partial charge in [-0.05, 0) is 38.7 Å². The quantitative estimate of drug-likeness (QED) is 0.759. The molecule has 1 aromatic carbocycles. The first kappa shape index (κ1) is 12.9. The zero-order valence-corrected chi connectivity index (χ0v) is 11.2. The number of nitrogens with zero attached hydrogens (tertiary/aromatic N) is 2. The minimum absolute atomic E-state index is 0.562. The van der Waals surface area contributed by atoms with Gasteiger partial charge in [-0.1, -0.05) is 0 Å². The highest BCUT2D eigenvalue weighted by Gasteiger charge is 2.25. The first-order chi connectivity index (χ1) is 8.65. The van der Waals surface area contributed by atoms with Gasteiger partial charge in [0.2, 0.25) is 0 Å². The fourth-order valence-corrected chi connectivity index (χ4v) is 2.42. The minimum atomic E-state index is 0.562. The first-order valence-electron chi connectivity index (χ1n) is 6.20. The summed E-state index contributed by atoms with van der Waals surface area (Å²) in [4.78, 5) is 15.7. The molecule has 0 radical (unpaired) electrons. The largest absolute Gasteiger partial charge is 0.497 e. The van der Waals surface area contributed by atoms with Gasteiger partial charge in [0.15, 0.2) is 6.29 Å². The molecular formula is C14H20N2O2. The molecular weight excluding hydrogens is 228 g/mol. The van der Waals surface area contributed by atoms with Crippen LogP contribution in [-0.4, -0.2) is 51.5 Å². The topological polar surface area (TPSA) is 32.8 Å². The van der Waals surface area contributed by atoms with Gasteiger partial charge >= 0.3 is 0 Å². The van der Waals surface area contributed by atoms with Crippen LogP contribution in [0.15, 0.2) is 18.2 Å². The second-order valence-corrected chi connectivity index (χ2v) is 4.89. The fraction of sp³-hybridized carbons (Fsp3) is 0.500. The van der Waals surface area contributed by atoms with Gasteiger partial charge in [-0.15, -0.1) is 0 Å². The highest BCUT2D eigenvalue weighted by atomic mass is 16.5. The number of likely N-dealkylation sites (N-methyl/N-ethyl adjacent to an activating group) is 1. The van der Waals surface area contributed by atoms with Crippen LogP contribution in [0.2, 0.25) is 0 Å². The third-order valence-electron chi connectivity index (χ3n) is 3.60. The number of aldehydes is 1. The second kappa shape index (κ2) is 5.40. The predicted molar refractivity (Wildman–Crippen MR) is 72.7 cm³/mol. The van der Waals surface area contributed by atoms with E-state index < -0.39 is 0 Å². The lowest BCUT2D eigenvalue weighted by Gasteiger charge is -2.23. The fourth-order valence-electron chi connectivity index (χ4n) is 2.42. The molecule has 98 valence electrons. The highest BCUT2D eigenvalue weighted by molar-refractivity contribution is 5.85. The molecule has 1 aliphatic rings. The molecule has 1 heterocycles. The van der Waals surface area contributed by atoms with Gasteiger partial charge in [0.25, 0.3) is 0 Å². The molecule has 0 aliphatic carbocycles. The van der Waals surface area contributed by atoms with Crippen LogP contribution in [0.5, 0.6) is 5.75 Å². The maximum absolute atomic E-state index is 11.2. The Morgan fingerprint density at radius 1 is 1.44 bits per heavy atom. The molecule has 2 rings (SSSR count). The smallest absolute Gasteiger partial charge is 0.152 e. The zero-order chi connectivity index (χ0) is 13.1. The normalized spacial score (nSPS) is 19.3. The molecule has 1 saturated heterocycles. The molecule has 0 amide bonds. The van der Waals surface area contributed by atoms with Crippen LogP contribution in [0, 0.1) is 0 Å². The lowest BCUT2D eigenvalue weighted by atomic mass is 10.1. The van der Waals surface area contributed by atoms with Crippen molar-refractivity contribution in [3.05, 3.63) is 23.8 Å². The Morgan fingerprint density at radius 2 is 2.22 bits per heavy atom. The number of rotatable bonds is 4. The van der Waals surface area contributed by atoms with Gasteiger partial charge in [0, 0.05) is 30.4 Å². The summed E-state index contributed by atoms with van der Waals surface area (Å²) in [6.45, 7) is 1.97. The Kier molecular flexibility index (Phi) is 3.87. The van der Waals surface area contributed by atoms with E-state index in [-0.39, 0.29) is 0 Å². The molecule has 0 aromatic heterocycles. The molecule has 1 aromatic rings. The molecule has 1 atom stereocenters. The van der Waals surface area contributed by atoms with Crippen LogP contribution in [-0.2, 0) is 0 Å². The highest BCUT2D eigenvalue weighted by Crippen LogP contribution is 2.28. The Morgan fingerprint density at radius 3 is 2.78 bits per heavy atom. The van der Waals surface area contributed by atoms with Crippen LogP contribution < -0.4 is 9.64 Å². The summed E-state index contributed by atoms with van der Waals surface area (Å²) in [5, 5.41) is 0. The first-order valence-corrected chi connectivity index (χ1v) is 6.20. The van der Waals surface area contributed by atoms with Crippen LogP contribution >= 0.6 is 0 Å².